The Bertz CT molecular complexity index is 823. The lowest BCUT2D eigenvalue weighted by molar-refractivity contribution is -0.129. The summed E-state index contributed by atoms with van der Waals surface area (Å²) in [6, 6.07) is 4.80. The van der Waals surface area contributed by atoms with E-state index in [9.17, 15) is 4.79 Å². The lowest BCUT2D eigenvalue weighted by Gasteiger charge is -2.48. The number of anilines is 1. The summed E-state index contributed by atoms with van der Waals surface area (Å²) in [4.78, 5) is 16.5. The summed E-state index contributed by atoms with van der Waals surface area (Å²) in [6.07, 6.45) is 6.52. The fourth-order valence-corrected chi connectivity index (χ4v) is 8.12. The van der Waals surface area contributed by atoms with Crippen molar-refractivity contribution in [1.82, 2.24) is 0 Å². The van der Waals surface area contributed by atoms with E-state index in [1.54, 1.807) is 5.56 Å². The first-order chi connectivity index (χ1) is 13.4. The number of aryl methyl sites for hydroxylation is 1. The Morgan fingerprint density at radius 1 is 1.03 bits per heavy atom. The monoisotopic (exact) mass is 429 g/mol. The molecule has 0 spiro atoms. The fraction of sp³-hybridized carbons (Fsp3) is 0.708. The first-order valence-corrected chi connectivity index (χ1v) is 18.5. The van der Waals surface area contributed by atoms with E-state index in [4.69, 9.17) is 4.43 Å². The van der Waals surface area contributed by atoms with Gasteiger partial charge in [-0.1, -0.05) is 26.6 Å². The zero-order valence-corrected chi connectivity index (χ0v) is 21.4. The molecular weight excluding hydrogens is 390 g/mol. The molecule has 1 aromatic carbocycles. The van der Waals surface area contributed by atoms with E-state index in [1.807, 2.05) is 0 Å². The highest BCUT2D eigenvalue weighted by Gasteiger charge is 2.54. The summed E-state index contributed by atoms with van der Waals surface area (Å²) < 4.78 is 6.53. The molecule has 0 saturated heterocycles. The number of hydrogen-bond acceptors (Lipinski definition) is 3. The van der Waals surface area contributed by atoms with Gasteiger partial charge in [0.05, 0.1) is 5.69 Å². The lowest BCUT2D eigenvalue weighted by atomic mass is 9.55. The maximum Gasteiger partial charge on any atom is 0.242 e. The summed E-state index contributed by atoms with van der Waals surface area (Å²) in [5.74, 6) is 3.49. The van der Waals surface area contributed by atoms with Crippen molar-refractivity contribution in [2.24, 2.45) is 17.3 Å². The van der Waals surface area contributed by atoms with Crippen molar-refractivity contribution in [3.63, 3.8) is 0 Å². The van der Waals surface area contributed by atoms with Gasteiger partial charge >= 0.3 is 0 Å². The minimum absolute atomic E-state index is 0.0427. The van der Waals surface area contributed by atoms with Crippen molar-refractivity contribution in [3.05, 3.63) is 23.3 Å². The molecule has 1 aromatic rings. The van der Waals surface area contributed by atoms with Crippen LogP contribution in [0.5, 0.6) is 5.75 Å². The molecule has 5 heteroatoms. The third kappa shape index (κ3) is 3.97. The molecule has 0 bridgehead atoms. The van der Waals surface area contributed by atoms with Gasteiger partial charge in [-0.25, -0.2) is 0 Å². The van der Waals surface area contributed by atoms with Gasteiger partial charge in [-0.2, -0.15) is 0 Å². The fourth-order valence-electron chi connectivity index (χ4n) is 6.29. The van der Waals surface area contributed by atoms with Crippen LogP contribution in [0.15, 0.2) is 12.1 Å². The van der Waals surface area contributed by atoms with Crippen LogP contribution in [0.4, 0.5) is 5.69 Å². The number of Topliss-reactive ketones (excluding diaryl/α,β-unsaturated/α-hetero) is 1. The predicted octanol–water partition coefficient (Wildman–Crippen LogP) is 6.57. The average Bonchev–Trinajstić information content (AvgIpc) is 2.88. The summed E-state index contributed by atoms with van der Waals surface area (Å²) in [5.41, 5.74) is 4.21. The molecule has 0 aliphatic heterocycles. The van der Waals surface area contributed by atoms with Crippen LogP contribution in [0.1, 0.15) is 56.1 Å². The van der Waals surface area contributed by atoms with Gasteiger partial charge in [0.1, 0.15) is 19.8 Å². The second-order valence-corrected chi connectivity index (χ2v) is 21.1. The first-order valence-electron chi connectivity index (χ1n) is 11.5. The molecule has 2 fully saturated rings. The number of carbonyl (C=O) groups is 1. The third-order valence-corrected chi connectivity index (χ3v) is 9.31. The number of nitrogens with one attached hydrogen (secondary N) is 1. The SMILES string of the molecule is CC12CCC3c4cc(N[Si](C)(C)C)c(O[Si](C)(C)C)cc4CCC3C1CCC2=O. The van der Waals surface area contributed by atoms with E-state index in [0.29, 0.717) is 23.5 Å². The van der Waals surface area contributed by atoms with Gasteiger partial charge < -0.3 is 9.41 Å². The molecule has 0 heterocycles. The molecule has 4 atom stereocenters. The summed E-state index contributed by atoms with van der Waals surface area (Å²) in [6.45, 7) is 16.1. The Labute approximate surface area is 179 Å². The van der Waals surface area contributed by atoms with Gasteiger partial charge in [0.25, 0.3) is 0 Å². The summed E-state index contributed by atoms with van der Waals surface area (Å²) in [7, 11) is -3.18. The van der Waals surface area contributed by atoms with E-state index in [1.165, 1.54) is 17.7 Å². The van der Waals surface area contributed by atoms with Crippen LogP contribution >= 0.6 is 0 Å². The van der Waals surface area contributed by atoms with Crippen LogP contribution in [0, 0.1) is 17.3 Å². The van der Waals surface area contributed by atoms with Crippen molar-refractivity contribution in [2.45, 2.75) is 90.6 Å². The lowest BCUT2D eigenvalue weighted by Crippen LogP contribution is -2.42. The highest BCUT2D eigenvalue weighted by molar-refractivity contribution is 6.79. The smallest absolute Gasteiger partial charge is 0.242 e. The minimum atomic E-state index is -1.68. The standard InChI is InChI=1S/C24H39NO2Si2/c1-24-13-12-17-18(20(24)10-11-23(24)26)9-8-16-14-22(27-29(5,6)7)21(15-19(16)17)25-28(2,3)4/h14-15,17-18,20,25H,8-13H2,1-7H3. The molecule has 160 valence electrons. The summed E-state index contributed by atoms with van der Waals surface area (Å²) >= 11 is 0. The van der Waals surface area contributed by atoms with E-state index in [2.05, 4.69) is 63.3 Å². The second-order valence-electron chi connectivity index (χ2n) is 12.0. The van der Waals surface area contributed by atoms with Gasteiger partial charge in [-0.3, -0.25) is 4.79 Å². The van der Waals surface area contributed by atoms with Gasteiger partial charge in [-0.15, -0.1) is 0 Å². The van der Waals surface area contributed by atoms with Crippen LogP contribution in [0.2, 0.25) is 39.3 Å². The van der Waals surface area contributed by atoms with Crippen LogP contribution < -0.4 is 9.41 Å². The molecule has 2 saturated carbocycles. The second kappa shape index (κ2) is 6.98. The highest BCUT2D eigenvalue weighted by atomic mass is 28.4. The molecule has 4 unspecified atom stereocenters. The van der Waals surface area contributed by atoms with Gasteiger partial charge in [0.2, 0.25) is 8.32 Å². The molecule has 4 rings (SSSR count). The quantitative estimate of drug-likeness (QED) is 0.550. The van der Waals surface area contributed by atoms with Crippen molar-refractivity contribution < 1.29 is 9.22 Å². The Hall–Kier alpha value is -1.08. The maximum absolute atomic E-state index is 12.6. The molecule has 3 aliphatic carbocycles. The zero-order chi connectivity index (χ0) is 21.2. The third-order valence-electron chi connectivity index (χ3n) is 7.46. The average molecular weight is 430 g/mol. The van der Waals surface area contributed by atoms with E-state index < -0.39 is 16.6 Å². The molecular formula is C24H39NO2Si2. The van der Waals surface area contributed by atoms with Crippen LogP contribution in [0.25, 0.3) is 0 Å². The van der Waals surface area contributed by atoms with Crippen molar-refractivity contribution in [2.75, 3.05) is 4.98 Å². The van der Waals surface area contributed by atoms with Crippen molar-refractivity contribution in [1.29, 1.82) is 0 Å². The number of ketones is 1. The van der Waals surface area contributed by atoms with Crippen molar-refractivity contribution in [3.8, 4) is 5.75 Å². The van der Waals surface area contributed by atoms with E-state index in [-0.39, 0.29) is 5.41 Å². The van der Waals surface area contributed by atoms with E-state index >= 15 is 0 Å². The van der Waals surface area contributed by atoms with Crippen molar-refractivity contribution >= 4 is 28.0 Å². The van der Waals surface area contributed by atoms with Gasteiger partial charge in [0, 0.05) is 11.8 Å². The van der Waals surface area contributed by atoms with Gasteiger partial charge in [0.15, 0.2) is 0 Å². The maximum atomic E-state index is 12.6. The topological polar surface area (TPSA) is 38.3 Å². The normalized spacial score (nSPS) is 31.7. The number of benzene rings is 1. The molecule has 0 amide bonds. The van der Waals surface area contributed by atoms with Crippen LogP contribution in [0.3, 0.4) is 0 Å². The molecule has 0 radical (unpaired) electrons. The van der Waals surface area contributed by atoms with Gasteiger partial charge in [-0.05, 0) is 92.8 Å². The molecule has 1 N–H and O–H groups in total. The number of rotatable bonds is 4. The molecule has 29 heavy (non-hydrogen) atoms. The number of fused-ring (bicyclic) bond motifs is 5. The Kier molecular flexibility index (Phi) is 5.09. The minimum Gasteiger partial charge on any atom is -0.543 e. The highest BCUT2D eigenvalue weighted by Crippen LogP contribution is 2.60. The Morgan fingerprint density at radius 3 is 2.41 bits per heavy atom. The Balaban J connectivity index is 1.72. The number of carbonyl (C=O) groups excluding carboxylic acids is 1. The summed E-state index contributed by atoms with van der Waals surface area (Å²) in [5, 5.41) is 0. The molecule has 0 aromatic heterocycles. The Morgan fingerprint density at radius 2 is 1.76 bits per heavy atom. The first kappa shape index (κ1) is 21.2. The predicted molar refractivity (Wildman–Crippen MR) is 127 cm³/mol. The zero-order valence-electron chi connectivity index (χ0n) is 19.4. The molecule has 3 nitrogen and oxygen atoms in total. The number of hydrogen-bond donors (Lipinski definition) is 1. The van der Waals surface area contributed by atoms with E-state index in [0.717, 1.165) is 37.9 Å². The molecule has 3 aliphatic rings. The van der Waals surface area contributed by atoms with Crippen LogP contribution in [-0.4, -0.2) is 22.3 Å². The largest absolute Gasteiger partial charge is 0.543 e. The van der Waals surface area contributed by atoms with Crippen LogP contribution in [-0.2, 0) is 11.2 Å².